The molecule has 0 radical (unpaired) electrons. The summed E-state index contributed by atoms with van der Waals surface area (Å²) in [5.74, 6) is -6.03. The number of benzene rings is 1. The highest BCUT2D eigenvalue weighted by Gasteiger charge is 2.40. The van der Waals surface area contributed by atoms with Gasteiger partial charge in [0, 0.05) is 10.6 Å². The molecule has 0 bridgehead atoms. The monoisotopic (exact) mass is 304 g/mol. The molecule has 1 aromatic rings. The second kappa shape index (κ2) is 6.21. The van der Waals surface area contributed by atoms with Gasteiger partial charge in [0.15, 0.2) is 0 Å². The van der Waals surface area contributed by atoms with Crippen LogP contribution < -0.4 is 0 Å². The largest absolute Gasteiger partial charge is 0.477 e. The summed E-state index contributed by atoms with van der Waals surface area (Å²) in [5.41, 5.74) is -0.579. The van der Waals surface area contributed by atoms with Gasteiger partial charge in [-0.05, 0) is 12.1 Å². The highest BCUT2D eigenvalue weighted by atomic mass is 35.5. The van der Waals surface area contributed by atoms with Crippen molar-refractivity contribution in [2.24, 2.45) is 0 Å². The van der Waals surface area contributed by atoms with E-state index in [-0.39, 0.29) is 5.02 Å². The predicted octanol–water partition coefficient (Wildman–Crippen LogP) is 1.59. The summed E-state index contributed by atoms with van der Waals surface area (Å²) < 4.78 is 34.4. The van der Waals surface area contributed by atoms with Gasteiger partial charge in [0.25, 0.3) is 0 Å². The van der Waals surface area contributed by atoms with E-state index in [1.54, 1.807) is 0 Å². The zero-order valence-corrected chi connectivity index (χ0v) is 10.1. The molecule has 0 aliphatic carbocycles. The lowest BCUT2D eigenvalue weighted by atomic mass is 10.1. The molecule has 0 spiro atoms. The molecule has 1 aromatic carbocycles. The molecule has 0 heterocycles. The molecule has 0 unspecified atom stereocenters. The number of carboxylic acids is 1. The Hall–Kier alpha value is -1.05. The number of halogens is 3. The van der Waals surface area contributed by atoms with Crippen LogP contribution >= 0.6 is 19.4 Å². The zero-order chi connectivity index (χ0) is 14.6. The van der Waals surface area contributed by atoms with E-state index in [1.807, 2.05) is 0 Å². The van der Waals surface area contributed by atoms with Gasteiger partial charge < -0.3 is 19.8 Å². The summed E-state index contributed by atoms with van der Waals surface area (Å²) in [6, 6.07) is 4.40. The first-order chi connectivity index (χ1) is 7.94. The molecule has 10 heteroatoms. The Morgan fingerprint density at radius 1 is 1.17 bits per heavy atom. The Morgan fingerprint density at radius 2 is 1.50 bits per heavy atom. The van der Waals surface area contributed by atoms with Gasteiger partial charge >= 0.3 is 19.7 Å². The van der Waals surface area contributed by atoms with Crippen LogP contribution in [0.4, 0.5) is 8.78 Å². The van der Waals surface area contributed by atoms with Crippen LogP contribution in [0, 0.1) is 0 Å². The fourth-order valence-electron chi connectivity index (χ4n) is 0.783. The molecule has 0 aliphatic heterocycles. The molecule has 0 atom stereocenters. The van der Waals surface area contributed by atoms with Crippen LogP contribution in [0.15, 0.2) is 24.3 Å². The maximum atomic E-state index is 12.8. The molecule has 4 N–H and O–H groups in total. The first-order valence-corrected chi connectivity index (χ1v) is 6.04. The summed E-state index contributed by atoms with van der Waals surface area (Å²) in [6.07, 6.45) is 0. The van der Waals surface area contributed by atoms with Gasteiger partial charge in [-0.2, -0.15) is 8.78 Å². The fraction of sp³-hybridized carbons (Fsp3) is 0.125. The maximum Gasteiger partial charge on any atom is 0.466 e. The number of phosphoric acid groups is 1. The Balaban J connectivity index is 0.000000494. The van der Waals surface area contributed by atoms with Gasteiger partial charge in [0.1, 0.15) is 0 Å². The van der Waals surface area contributed by atoms with Crippen LogP contribution in [0.2, 0.25) is 5.02 Å². The zero-order valence-electron chi connectivity index (χ0n) is 8.50. The molecule has 102 valence electrons. The fourth-order valence-corrected chi connectivity index (χ4v) is 0.909. The Bertz CT molecular complexity index is 449. The van der Waals surface area contributed by atoms with E-state index in [1.165, 1.54) is 12.1 Å². The third-order valence-electron chi connectivity index (χ3n) is 1.48. The van der Waals surface area contributed by atoms with E-state index in [2.05, 4.69) is 0 Å². The number of hydrogen-bond acceptors (Lipinski definition) is 2. The van der Waals surface area contributed by atoms with Crippen molar-refractivity contribution in [2.75, 3.05) is 0 Å². The third-order valence-corrected chi connectivity index (χ3v) is 1.73. The van der Waals surface area contributed by atoms with Crippen molar-refractivity contribution in [3.05, 3.63) is 34.9 Å². The van der Waals surface area contributed by atoms with E-state index in [4.69, 9.17) is 36.0 Å². The maximum absolute atomic E-state index is 12.8. The summed E-state index contributed by atoms with van der Waals surface area (Å²) in [6.45, 7) is 0. The van der Waals surface area contributed by atoms with Crippen LogP contribution in [0.1, 0.15) is 5.56 Å². The minimum atomic E-state index is -4.64. The van der Waals surface area contributed by atoms with E-state index in [0.29, 0.717) is 0 Å². The van der Waals surface area contributed by atoms with Crippen LogP contribution in [0.25, 0.3) is 0 Å². The van der Waals surface area contributed by atoms with Crippen molar-refractivity contribution < 1.29 is 37.9 Å². The number of alkyl halides is 2. The van der Waals surface area contributed by atoms with Crippen molar-refractivity contribution in [2.45, 2.75) is 5.92 Å². The minimum absolute atomic E-state index is 0.282. The lowest BCUT2D eigenvalue weighted by molar-refractivity contribution is -0.166. The van der Waals surface area contributed by atoms with Crippen molar-refractivity contribution in [3.8, 4) is 0 Å². The number of carboxylic acid groups (broad SMARTS) is 1. The second-order valence-corrected chi connectivity index (χ2v) is 4.36. The first-order valence-electron chi connectivity index (χ1n) is 4.10. The molecular weight excluding hydrogens is 297 g/mol. The van der Waals surface area contributed by atoms with Crippen LogP contribution in [0.5, 0.6) is 0 Å². The number of aliphatic carboxylic acids is 1. The molecule has 1 rings (SSSR count). The standard InChI is InChI=1S/C8H5ClF2O2.H3O4P/c9-6-3-1-5(2-4-6)8(10,11)7(12)13;1-5(2,3)4/h1-4H,(H,12,13);(H3,1,2,3,4). The summed E-state index contributed by atoms with van der Waals surface area (Å²) in [5, 5.41) is 8.46. The van der Waals surface area contributed by atoms with Gasteiger partial charge in [-0.1, -0.05) is 23.7 Å². The Labute approximate surface area is 105 Å². The van der Waals surface area contributed by atoms with Gasteiger partial charge in [-0.15, -0.1) is 0 Å². The quantitative estimate of drug-likeness (QED) is 0.617. The van der Waals surface area contributed by atoms with Crippen LogP contribution in [-0.2, 0) is 15.3 Å². The summed E-state index contributed by atoms with van der Waals surface area (Å²) in [7, 11) is -4.64. The van der Waals surface area contributed by atoms with Crippen molar-refractivity contribution in [3.63, 3.8) is 0 Å². The molecule has 0 saturated carbocycles. The normalized spacial score (nSPS) is 11.4. The SMILES string of the molecule is O=C(O)C(F)(F)c1ccc(Cl)cc1.O=P(O)(O)O. The predicted molar refractivity (Wildman–Crippen MR) is 57.2 cm³/mol. The molecule has 0 fully saturated rings. The topological polar surface area (TPSA) is 115 Å². The molecular formula is C8H8ClF2O6P. The first kappa shape index (κ1) is 16.9. The van der Waals surface area contributed by atoms with Gasteiger partial charge in [-0.25, -0.2) is 9.36 Å². The van der Waals surface area contributed by atoms with Gasteiger partial charge in [-0.3, -0.25) is 0 Å². The highest BCUT2D eigenvalue weighted by molar-refractivity contribution is 7.45. The van der Waals surface area contributed by atoms with E-state index in [9.17, 15) is 13.6 Å². The molecule has 0 aromatic heterocycles. The summed E-state index contributed by atoms with van der Waals surface area (Å²) in [4.78, 5) is 31.7. The lowest BCUT2D eigenvalue weighted by Gasteiger charge is -2.10. The van der Waals surface area contributed by atoms with Gasteiger partial charge in [0.2, 0.25) is 0 Å². The smallest absolute Gasteiger partial charge is 0.466 e. The third kappa shape index (κ3) is 6.63. The molecule has 0 amide bonds. The van der Waals surface area contributed by atoms with Crippen LogP contribution in [-0.4, -0.2) is 25.8 Å². The lowest BCUT2D eigenvalue weighted by Crippen LogP contribution is -2.25. The van der Waals surface area contributed by atoms with Crippen molar-refractivity contribution in [1.82, 2.24) is 0 Å². The van der Waals surface area contributed by atoms with Crippen LogP contribution in [0.3, 0.4) is 0 Å². The van der Waals surface area contributed by atoms with Gasteiger partial charge in [0.05, 0.1) is 0 Å². The summed E-state index contributed by atoms with van der Waals surface area (Å²) >= 11 is 5.45. The highest BCUT2D eigenvalue weighted by Crippen LogP contribution is 2.28. The van der Waals surface area contributed by atoms with Crippen molar-refractivity contribution in [1.29, 1.82) is 0 Å². The van der Waals surface area contributed by atoms with E-state index in [0.717, 1.165) is 12.1 Å². The number of hydrogen-bond donors (Lipinski definition) is 4. The molecule has 18 heavy (non-hydrogen) atoms. The average Bonchev–Trinajstić information content (AvgIpc) is 2.15. The molecule has 0 saturated heterocycles. The average molecular weight is 305 g/mol. The van der Waals surface area contributed by atoms with E-state index < -0.39 is 25.3 Å². The Morgan fingerprint density at radius 3 is 1.78 bits per heavy atom. The van der Waals surface area contributed by atoms with Crippen molar-refractivity contribution >= 4 is 25.4 Å². The molecule has 6 nitrogen and oxygen atoms in total. The second-order valence-electron chi connectivity index (χ2n) is 2.90. The Kier molecular flexibility index (Phi) is 5.85. The number of rotatable bonds is 2. The minimum Gasteiger partial charge on any atom is -0.477 e. The molecule has 0 aliphatic rings. The van der Waals surface area contributed by atoms with E-state index >= 15 is 0 Å². The number of carbonyl (C=O) groups is 1.